The number of nitrogens with two attached hydrogens (primary N) is 1. The normalized spacial score (nSPS) is 24.7. The van der Waals surface area contributed by atoms with E-state index < -0.39 is 12.0 Å². The molecule has 3 rings (SSSR count). The van der Waals surface area contributed by atoms with Gasteiger partial charge in [0.25, 0.3) is 0 Å². The number of nitrogens with zero attached hydrogens (tertiary/aromatic N) is 2. The van der Waals surface area contributed by atoms with E-state index in [2.05, 4.69) is 11.4 Å². The van der Waals surface area contributed by atoms with Crippen molar-refractivity contribution in [3.8, 4) is 6.07 Å². The van der Waals surface area contributed by atoms with Crippen LogP contribution >= 0.6 is 23.8 Å². The van der Waals surface area contributed by atoms with Gasteiger partial charge < -0.3 is 11.1 Å². The molecule has 0 spiro atoms. The third kappa shape index (κ3) is 1.60. The minimum atomic E-state index is -0.642. The molecule has 2 aliphatic rings. The van der Waals surface area contributed by atoms with E-state index in [4.69, 9.17) is 29.6 Å². The Morgan fingerprint density at radius 3 is 2.80 bits per heavy atom. The summed E-state index contributed by atoms with van der Waals surface area (Å²) in [5, 5.41) is 12.6. The maximum absolute atomic E-state index is 12.1. The highest BCUT2D eigenvalue weighted by Crippen LogP contribution is 2.43. The van der Waals surface area contributed by atoms with Gasteiger partial charge in [0.1, 0.15) is 11.9 Å². The molecule has 0 radical (unpaired) electrons. The van der Waals surface area contributed by atoms with Crippen LogP contribution in [-0.2, 0) is 4.79 Å². The Morgan fingerprint density at radius 1 is 1.45 bits per heavy atom. The van der Waals surface area contributed by atoms with Crippen molar-refractivity contribution in [1.29, 1.82) is 5.26 Å². The summed E-state index contributed by atoms with van der Waals surface area (Å²) < 4.78 is 0. The van der Waals surface area contributed by atoms with E-state index in [0.717, 1.165) is 0 Å². The third-order valence-electron chi connectivity index (χ3n) is 3.52. The van der Waals surface area contributed by atoms with Gasteiger partial charge in [-0.15, -0.1) is 0 Å². The molecule has 1 saturated heterocycles. The summed E-state index contributed by atoms with van der Waals surface area (Å²) in [6, 6.07) is 8.53. The number of hydrogen-bond acceptors (Lipinski definition) is 4. The number of amides is 1. The van der Waals surface area contributed by atoms with Crippen molar-refractivity contribution in [2.75, 3.05) is 0 Å². The predicted molar refractivity (Wildman–Crippen MR) is 77.4 cm³/mol. The van der Waals surface area contributed by atoms with Crippen LogP contribution in [0.2, 0.25) is 5.02 Å². The number of carbonyl (C=O) groups excluding carboxylic acids is 1. The number of carbonyl (C=O) groups is 1. The van der Waals surface area contributed by atoms with Crippen molar-refractivity contribution in [2.24, 2.45) is 5.73 Å². The lowest BCUT2D eigenvalue weighted by Gasteiger charge is -2.20. The van der Waals surface area contributed by atoms with Gasteiger partial charge in [0, 0.05) is 5.02 Å². The van der Waals surface area contributed by atoms with E-state index in [1.165, 1.54) is 4.90 Å². The SMILES string of the molecule is N#CC1=C(N)N2C(=S)NC(=O)C2C1c1ccccc1Cl. The van der Waals surface area contributed by atoms with Crippen LogP contribution in [-0.4, -0.2) is 22.0 Å². The van der Waals surface area contributed by atoms with Gasteiger partial charge >= 0.3 is 0 Å². The number of rotatable bonds is 1. The van der Waals surface area contributed by atoms with Crippen LogP contribution in [0.15, 0.2) is 35.7 Å². The molecule has 20 heavy (non-hydrogen) atoms. The Balaban J connectivity index is 2.20. The van der Waals surface area contributed by atoms with Crippen molar-refractivity contribution < 1.29 is 4.79 Å². The highest BCUT2D eigenvalue weighted by atomic mass is 35.5. The molecule has 2 aliphatic heterocycles. The summed E-state index contributed by atoms with van der Waals surface area (Å²) in [7, 11) is 0. The van der Waals surface area contributed by atoms with Crippen LogP contribution in [0.1, 0.15) is 11.5 Å². The fourth-order valence-electron chi connectivity index (χ4n) is 2.67. The van der Waals surface area contributed by atoms with E-state index in [0.29, 0.717) is 16.2 Å². The average molecular weight is 305 g/mol. The second-order valence-corrected chi connectivity index (χ2v) is 5.31. The molecule has 5 nitrogen and oxygen atoms in total. The zero-order valence-electron chi connectivity index (χ0n) is 10.1. The fraction of sp³-hybridized carbons (Fsp3) is 0.154. The molecule has 0 aromatic heterocycles. The molecule has 100 valence electrons. The molecule has 7 heteroatoms. The Labute approximate surface area is 125 Å². The molecule has 1 aromatic carbocycles. The molecule has 2 unspecified atom stereocenters. The zero-order chi connectivity index (χ0) is 14.4. The van der Waals surface area contributed by atoms with Crippen molar-refractivity contribution >= 4 is 34.8 Å². The molecular weight excluding hydrogens is 296 g/mol. The van der Waals surface area contributed by atoms with Crippen molar-refractivity contribution in [2.45, 2.75) is 12.0 Å². The molecule has 0 bridgehead atoms. The smallest absolute Gasteiger partial charge is 0.250 e. The highest BCUT2D eigenvalue weighted by molar-refractivity contribution is 7.80. The highest BCUT2D eigenvalue weighted by Gasteiger charge is 2.51. The molecule has 0 aliphatic carbocycles. The number of nitriles is 1. The van der Waals surface area contributed by atoms with Gasteiger partial charge in [-0.05, 0) is 23.8 Å². The molecule has 1 fully saturated rings. The average Bonchev–Trinajstić information content (AvgIpc) is 2.87. The standard InChI is InChI=1S/C13H9ClN4OS/c14-8-4-2-1-3-6(8)9-7(5-15)11(16)18-10(9)12(19)17-13(18)20/h1-4,9-10H,16H2,(H,17,19,20). The van der Waals surface area contributed by atoms with E-state index in [1.807, 2.05) is 0 Å². The monoisotopic (exact) mass is 304 g/mol. The molecule has 2 atom stereocenters. The lowest BCUT2D eigenvalue weighted by Crippen LogP contribution is -2.35. The number of hydrogen-bond donors (Lipinski definition) is 2. The number of halogens is 1. The minimum Gasteiger partial charge on any atom is -0.384 e. The first-order chi connectivity index (χ1) is 9.56. The van der Waals surface area contributed by atoms with Crippen LogP contribution in [0.25, 0.3) is 0 Å². The molecule has 2 heterocycles. The number of nitrogens with one attached hydrogen (secondary N) is 1. The van der Waals surface area contributed by atoms with Crippen LogP contribution < -0.4 is 11.1 Å². The maximum Gasteiger partial charge on any atom is 0.250 e. The summed E-state index contributed by atoms with van der Waals surface area (Å²) in [6.45, 7) is 0. The first kappa shape index (κ1) is 12.9. The second kappa shape index (κ2) is 4.47. The van der Waals surface area contributed by atoms with Gasteiger partial charge in [0.05, 0.1) is 17.6 Å². The van der Waals surface area contributed by atoms with Gasteiger partial charge in [-0.1, -0.05) is 29.8 Å². The number of fused-ring (bicyclic) bond motifs is 1. The Hall–Kier alpha value is -2.10. The number of thiocarbonyl (C=S) groups is 1. The van der Waals surface area contributed by atoms with E-state index in [9.17, 15) is 10.1 Å². The zero-order valence-corrected chi connectivity index (χ0v) is 11.7. The Bertz CT molecular complexity index is 709. The Morgan fingerprint density at radius 2 is 2.15 bits per heavy atom. The van der Waals surface area contributed by atoms with Crippen molar-refractivity contribution in [3.05, 3.63) is 46.2 Å². The van der Waals surface area contributed by atoms with Crippen LogP contribution in [0, 0.1) is 11.3 Å². The summed E-state index contributed by atoms with van der Waals surface area (Å²) in [5.74, 6) is -0.562. The summed E-state index contributed by atoms with van der Waals surface area (Å²) in [5.41, 5.74) is 6.98. The van der Waals surface area contributed by atoms with Gasteiger partial charge in [0.15, 0.2) is 5.11 Å². The lowest BCUT2D eigenvalue weighted by atomic mass is 9.87. The summed E-state index contributed by atoms with van der Waals surface area (Å²) in [4.78, 5) is 13.6. The van der Waals surface area contributed by atoms with Gasteiger partial charge in [-0.25, -0.2) is 0 Å². The molecule has 1 aromatic rings. The summed E-state index contributed by atoms with van der Waals surface area (Å²) >= 11 is 11.3. The van der Waals surface area contributed by atoms with Gasteiger partial charge in [-0.3, -0.25) is 9.69 Å². The fourth-order valence-corrected chi connectivity index (χ4v) is 3.24. The molecule has 1 amide bonds. The van der Waals surface area contributed by atoms with Gasteiger partial charge in [-0.2, -0.15) is 5.26 Å². The van der Waals surface area contributed by atoms with E-state index in [-0.39, 0.29) is 16.8 Å². The van der Waals surface area contributed by atoms with Crippen molar-refractivity contribution in [1.82, 2.24) is 10.2 Å². The predicted octanol–water partition coefficient (Wildman–Crippen LogP) is 1.22. The van der Waals surface area contributed by atoms with Gasteiger partial charge in [0.2, 0.25) is 5.91 Å². The number of benzene rings is 1. The Kier molecular flexibility index (Phi) is 2.89. The third-order valence-corrected chi connectivity index (χ3v) is 4.16. The molecule has 3 N–H and O–H groups in total. The van der Waals surface area contributed by atoms with Crippen LogP contribution in [0.3, 0.4) is 0 Å². The topological polar surface area (TPSA) is 82.2 Å². The molecular formula is C13H9ClN4OS. The minimum absolute atomic E-state index is 0.214. The van der Waals surface area contributed by atoms with Crippen molar-refractivity contribution in [3.63, 3.8) is 0 Å². The van der Waals surface area contributed by atoms with Crippen LogP contribution in [0.5, 0.6) is 0 Å². The first-order valence-corrected chi connectivity index (χ1v) is 6.63. The van der Waals surface area contributed by atoms with Crippen LogP contribution in [0.4, 0.5) is 0 Å². The molecule has 0 saturated carbocycles. The summed E-state index contributed by atoms with van der Waals surface area (Å²) in [6.07, 6.45) is 0. The maximum atomic E-state index is 12.1. The largest absolute Gasteiger partial charge is 0.384 e. The van der Waals surface area contributed by atoms with E-state index in [1.54, 1.807) is 24.3 Å². The lowest BCUT2D eigenvalue weighted by molar-refractivity contribution is -0.121. The second-order valence-electron chi connectivity index (χ2n) is 4.52. The first-order valence-electron chi connectivity index (χ1n) is 5.84. The quantitative estimate of drug-likeness (QED) is 0.762. The van der Waals surface area contributed by atoms with E-state index >= 15 is 0 Å².